The van der Waals surface area contributed by atoms with Crippen molar-refractivity contribution >= 4 is 17.1 Å². The van der Waals surface area contributed by atoms with E-state index < -0.39 is 0 Å². The van der Waals surface area contributed by atoms with Crippen LogP contribution in [-0.2, 0) is 11.3 Å². The quantitative estimate of drug-likeness (QED) is 0.802. The zero-order valence-corrected chi connectivity index (χ0v) is 10.8. The van der Waals surface area contributed by atoms with E-state index >= 15 is 0 Å². The van der Waals surface area contributed by atoms with Crippen LogP contribution in [0.1, 0.15) is 38.0 Å². The third kappa shape index (κ3) is 2.53. The number of hydrogen-bond acceptors (Lipinski definition) is 3. The summed E-state index contributed by atoms with van der Waals surface area (Å²) in [5, 5.41) is 2.10. The highest BCUT2D eigenvalue weighted by Crippen LogP contribution is 2.25. The van der Waals surface area contributed by atoms with Crippen LogP contribution in [0, 0.1) is 0 Å². The van der Waals surface area contributed by atoms with Crippen LogP contribution in [0.3, 0.4) is 0 Å². The molecule has 1 heterocycles. The molecule has 0 N–H and O–H groups in total. The van der Waals surface area contributed by atoms with E-state index in [1.807, 2.05) is 0 Å². The second-order valence-electron chi connectivity index (χ2n) is 4.72. The molecule has 1 unspecified atom stereocenters. The Morgan fingerprint density at radius 2 is 2.38 bits per heavy atom. The highest BCUT2D eigenvalue weighted by molar-refractivity contribution is 7.09. The third-order valence-electron chi connectivity index (χ3n) is 3.25. The maximum atomic E-state index is 11.8. The van der Waals surface area contributed by atoms with E-state index in [1.165, 1.54) is 4.88 Å². The summed E-state index contributed by atoms with van der Waals surface area (Å²) in [5.74, 6) is 0.435. The van der Waals surface area contributed by atoms with Crippen molar-refractivity contribution in [1.29, 1.82) is 0 Å². The number of carbonyl (C=O) groups is 1. The van der Waals surface area contributed by atoms with E-state index in [0.717, 1.165) is 25.8 Å². The van der Waals surface area contributed by atoms with E-state index in [0.29, 0.717) is 11.8 Å². The van der Waals surface area contributed by atoms with Crippen LogP contribution in [0.25, 0.3) is 0 Å². The van der Waals surface area contributed by atoms with Crippen molar-refractivity contribution in [1.82, 2.24) is 4.90 Å². The number of nitrogens with zero attached hydrogens (tertiary/aromatic N) is 1. The summed E-state index contributed by atoms with van der Waals surface area (Å²) in [5.41, 5.74) is 0. The fourth-order valence-electron chi connectivity index (χ4n) is 2.38. The summed E-state index contributed by atoms with van der Waals surface area (Å²) in [6, 6.07) is 4.84. The molecule has 88 valence electrons. The lowest BCUT2D eigenvalue weighted by Gasteiger charge is -2.31. The highest BCUT2D eigenvalue weighted by Gasteiger charge is 2.31. The Labute approximate surface area is 101 Å². The van der Waals surface area contributed by atoms with Crippen LogP contribution in [0.5, 0.6) is 0 Å². The maximum absolute atomic E-state index is 11.8. The van der Waals surface area contributed by atoms with Gasteiger partial charge in [0.05, 0.1) is 6.04 Å². The molecule has 0 amide bonds. The van der Waals surface area contributed by atoms with Gasteiger partial charge in [-0.25, -0.2) is 0 Å². The first-order valence-corrected chi connectivity index (χ1v) is 6.87. The van der Waals surface area contributed by atoms with Gasteiger partial charge in [-0.2, -0.15) is 0 Å². The van der Waals surface area contributed by atoms with Crippen LogP contribution in [0.15, 0.2) is 17.5 Å². The van der Waals surface area contributed by atoms with Crippen molar-refractivity contribution in [2.45, 2.75) is 51.7 Å². The largest absolute Gasteiger partial charge is 0.298 e. The summed E-state index contributed by atoms with van der Waals surface area (Å²) in [6.45, 7) is 5.28. The predicted molar refractivity (Wildman–Crippen MR) is 67.6 cm³/mol. The van der Waals surface area contributed by atoms with Gasteiger partial charge in [0.1, 0.15) is 5.78 Å². The molecule has 3 heteroatoms. The maximum Gasteiger partial charge on any atom is 0.149 e. The van der Waals surface area contributed by atoms with Gasteiger partial charge in [0.2, 0.25) is 0 Å². The summed E-state index contributed by atoms with van der Waals surface area (Å²) in [6.07, 6.45) is 2.89. The molecule has 1 aromatic heterocycles. The Hall–Kier alpha value is -0.670. The first-order chi connectivity index (χ1) is 7.68. The van der Waals surface area contributed by atoms with Gasteiger partial charge in [-0.1, -0.05) is 6.07 Å². The Bertz CT molecular complexity index is 345. The highest BCUT2D eigenvalue weighted by atomic mass is 32.1. The van der Waals surface area contributed by atoms with E-state index in [9.17, 15) is 4.79 Å². The molecule has 1 fully saturated rings. The van der Waals surface area contributed by atoms with Crippen LogP contribution >= 0.6 is 11.3 Å². The van der Waals surface area contributed by atoms with Crippen molar-refractivity contribution in [2.75, 3.05) is 0 Å². The monoisotopic (exact) mass is 237 g/mol. The lowest BCUT2D eigenvalue weighted by Crippen LogP contribution is -2.42. The lowest BCUT2D eigenvalue weighted by atomic mass is 10.1. The lowest BCUT2D eigenvalue weighted by molar-refractivity contribution is -0.122. The SMILES string of the molecule is CC(C)N(Cc1cccs1)C1CCCC1=O. The van der Waals surface area contributed by atoms with Gasteiger partial charge in [0.15, 0.2) is 0 Å². The van der Waals surface area contributed by atoms with Crippen molar-refractivity contribution < 1.29 is 4.79 Å². The normalized spacial score (nSPS) is 21.2. The molecular formula is C13H19NOS. The van der Waals surface area contributed by atoms with E-state index in [-0.39, 0.29) is 6.04 Å². The number of ketones is 1. The second kappa shape index (κ2) is 5.11. The smallest absolute Gasteiger partial charge is 0.149 e. The third-order valence-corrected chi connectivity index (χ3v) is 4.12. The standard InChI is InChI=1S/C13H19NOS/c1-10(2)14(9-11-5-4-8-16-11)12-6-3-7-13(12)15/h4-5,8,10,12H,3,6-7,9H2,1-2H3. The second-order valence-corrected chi connectivity index (χ2v) is 5.75. The van der Waals surface area contributed by atoms with Gasteiger partial charge in [-0.15, -0.1) is 11.3 Å². The van der Waals surface area contributed by atoms with Crippen LogP contribution in [-0.4, -0.2) is 22.8 Å². The zero-order chi connectivity index (χ0) is 11.5. The van der Waals surface area contributed by atoms with Crippen LogP contribution in [0.4, 0.5) is 0 Å². The molecule has 1 atom stereocenters. The first kappa shape index (κ1) is 11.8. The molecule has 0 spiro atoms. The first-order valence-electron chi connectivity index (χ1n) is 5.99. The number of hydrogen-bond donors (Lipinski definition) is 0. The molecule has 2 nitrogen and oxygen atoms in total. The minimum absolute atomic E-state index is 0.169. The molecular weight excluding hydrogens is 218 g/mol. The molecule has 1 aromatic rings. The van der Waals surface area contributed by atoms with Crippen molar-refractivity contribution in [2.24, 2.45) is 0 Å². The Morgan fingerprint density at radius 3 is 2.88 bits per heavy atom. The molecule has 1 saturated carbocycles. The summed E-state index contributed by atoms with van der Waals surface area (Å²) >= 11 is 1.78. The van der Waals surface area contributed by atoms with Gasteiger partial charge < -0.3 is 0 Å². The van der Waals surface area contributed by atoms with Gasteiger partial charge in [0, 0.05) is 23.9 Å². The van der Waals surface area contributed by atoms with E-state index in [1.54, 1.807) is 11.3 Å². The van der Waals surface area contributed by atoms with E-state index in [4.69, 9.17) is 0 Å². The van der Waals surface area contributed by atoms with Crippen molar-refractivity contribution in [3.63, 3.8) is 0 Å². The van der Waals surface area contributed by atoms with Gasteiger partial charge in [0.25, 0.3) is 0 Å². The zero-order valence-electron chi connectivity index (χ0n) is 9.98. The Balaban J connectivity index is 2.08. The van der Waals surface area contributed by atoms with Gasteiger partial charge in [-0.05, 0) is 38.1 Å². The molecule has 0 aliphatic heterocycles. The van der Waals surface area contributed by atoms with Crippen LogP contribution < -0.4 is 0 Å². The molecule has 0 radical (unpaired) electrons. The molecule has 2 rings (SSSR count). The van der Waals surface area contributed by atoms with Gasteiger partial charge in [-0.3, -0.25) is 9.69 Å². The molecule has 16 heavy (non-hydrogen) atoms. The molecule has 0 bridgehead atoms. The number of carbonyl (C=O) groups excluding carboxylic acids is 1. The Kier molecular flexibility index (Phi) is 3.77. The molecule has 0 aromatic carbocycles. The van der Waals surface area contributed by atoms with Crippen molar-refractivity contribution in [3.8, 4) is 0 Å². The predicted octanol–water partition coefficient (Wildman–Crippen LogP) is 3.08. The summed E-state index contributed by atoms with van der Waals surface area (Å²) < 4.78 is 0. The number of thiophene rings is 1. The minimum atomic E-state index is 0.169. The van der Waals surface area contributed by atoms with Crippen molar-refractivity contribution in [3.05, 3.63) is 22.4 Å². The molecule has 1 aliphatic rings. The number of Topliss-reactive ketones (excluding diaryl/α,β-unsaturated/α-hetero) is 1. The number of rotatable bonds is 4. The average Bonchev–Trinajstić information content (AvgIpc) is 2.85. The Morgan fingerprint density at radius 1 is 1.56 bits per heavy atom. The van der Waals surface area contributed by atoms with Gasteiger partial charge >= 0.3 is 0 Å². The fourth-order valence-corrected chi connectivity index (χ4v) is 3.10. The topological polar surface area (TPSA) is 20.3 Å². The summed E-state index contributed by atoms with van der Waals surface area (Å²) in [7, 11) is 0. The summed E-state index contributed by atoms with van der Waals surface area (Å²) in [4.78, 5) is 15.5. The fraction of sp³-hybridized carbons (Fsp3) is 0.615. The molecule has 1 aliphatic carbocycles. The van der Waals surface area contributed by atoms with Crippen LogP contribution in [0.2, 0.25) is 0 Å². The average molecular weight is 237 g/mol. The van der Waals surface area contributed by atoms with E-state index in [2.05, 4.69) is 36.3 Å². The molecule has 0 saturated heterocycles. The minimum Gasteiger partial charge on any atom is -0.298 e.